The quantitative estimate of drug-likeness (QED) is 0.650. The van der Waals surface area contributed by atoms with Crippen LogP contribution in [0.25, 0.3) is 0 Å². The first kappa shape index (κ1) is 14.8. The molecule has 1 rings (SSSR count). The molecule has 0 atom stereocenters. The van der Waals surface area contributed by atoms with E-state index in [1.54, 1.807) is 7.11 Å². The van der Waals surface area contributed by atoms with E-state index in [4.69, 9.17) is 14.2 Å². The summed E-state index contributed by atoms with van der Waals surface area (Å²) in [5.41, 5.74) is 1.04. The Labute approximate surface area is 109 Å². The summed E-state index contributed by atoms with van der Waals surface area (Å²) >= 11 is 0. The van der Waals surface area contributed by atoms with Gasteiger partial charge < -0.3 is 19.5 Å². The van der Waals surface area contributed by atoms with Crippen molar-refractivity contribution in [3.8, 4) is 5.75 Å². The molecule has 1 aromatic carbocycles. The average molecular weight is 253 g/mol. The smallest absolute Gasteiger partial charge is 0.142 e. The first-order valence-corrected chi connectivity index (χ1v) is 6.41. The number of hydrogen-bond acceptors (Lipinski definition) is 4. The van der Waals surface area contributed by atoms with Crippen LogP contribution in [0.4, 0.5) is 5.69 Å². The van der Waals surface area contributed by atoms with Crippen molar-refractivity contribution in [3.05, 3.63) is 24.3 Å². The summed E-state index contributed by atoms with van der Waals surface area (Å²) in [5.74, 6) is 0.903. The molecule has 1 aromatic rings. The number of benzene rings is 1. The van der Waals surface area contributed by atoms with E-state index in [9.17, 15) is 0 Å². The summed E-state index contributed by atoms with van der Waals surface area (Å²) in [5, 5.41) is 3.35. The normalized spacial score (nSPS) is 10.3. The Morgan fingerprint density at radius 2 is 1.94 bits per heavy atom. The predicted octanol–water partition coefficient (Wildman–Crippen LogP) is 2.55. The van der Waals surface area contributed by atoms with E-state index in [0.29, 0.717) is 19.8 Å². The lowest BCUT2D eigenvalue weighted by Gasteiger charge is -2.12. The monoisotopic (exact) mass is 253 g/mol. The second-order valence-corrected chi connectivity index (χ2v) is 3.81. The van der Waals surface area contributed by atoms with Crippen molar-refractivity contribution >= 4 is 5.69 Å². The summed E-state index contributed by atoms with van der Waals surface area (Å²) in [6.45, 7) is 5.59. The second kappa shape index (κ2) is 9.74. The molecule has 0 spiro atoms. The zero-order valence-electron chi connectivity index (χ0n) is 11.3. The number of rotatable bonds is 10. The van der Waals surface area contributed by atoms with E-state index in [1.807, 2.05) is 31.2 Å². The van der Waals surface area contributed by atoms with Gasteiger partial charge in [0.15, 0.2) is 0 Å². The zero-order valence-corrected chi connectivity index (χ0v) is 11.3. The molecule has 4 heteroatoms. The van der Waals surface area contributed by atoms with E-state index >= 15 is 0 Å². The van der Waals surface area contributed by atoms with Crippen LogP contribution in [0.2, 0.25) is 0 Å². The van der Waals surface area contributed by atoms with Crippen LogP contribution in [0, 0.1) is 0 Å². The van der Waals surface area contributed by atoms with Gasteiger partial charge in [-0.25, -0.2) is 0 Å². The average Bonchev–Trinajstić information content (AvgIpc) is 2.40. The van der Waals surface area contributed by atoms with Crippen LogP contribution in [-0.2, 0) is 9.47 Å². The van der Waals surface area contributed by atoms with Crippen LogP contribution in [0.15, 0.2) is 24.3 Å². The Bertz CT molecular complexity index is 318. The van der Waals surface area contributed by atoms with Crippen LogP contribution in [-0.4, -0.2) is 40.1 Å². The molecule has 1 N–H and O–H groups in total. The summed E-state index contributed by atoms with van der Waals surface area (Å²) in [4.78, 5) is 0. The number of ether oxygens (including phenoxy) is 3. The highest BCUT2D eigenvalue weighted by Crippen LogP contribution is 2.23. The minimum Gasteiger partial charge on any atom is -0.492 e. The van der Waals surface area contributed by atoms with Gasteiger partial charge in [-0.15, -0.1) is 0 Å². The lowest BCUT2D eigenvalue weighted by molar-refractivity contribution is 0.0705. The summed E-state index contributed by atoms with van der Waals surface area (Å²) in [7, 11) is 1.68. The van der Waals surface area contributed by atoms with E-state index < -0.39 is 0 Å². The minimum atomic E-state index is 0.653. The zero-order chi connectivity index (χ0) is 13.1. The van der Waals surface area contributed by atoms with E-state index in [0.717, 1.165) is 31.0 Å². The molecule has 0 heterocycles. The van der Waals surface area contributed by atoms with Crippen molar-refractivity contribution in [2.24, 2.45) is 0 Å². The molecule has 0 unspecified atom stereocenters. The third kappa shape index (κ3) is 5.89. The maximum absolute atomic E-state index is 5.54. The van der Waals surface area contributed by atoms with Crippen molar-refractivity contribution in [1.29, 1.82) is 0 Å². The third-order valence-electron chi connectivity index (χ3n) is 2.40. The first-order valence-electron chi connectivity index (χ1n) is 6.41. The first-order chi connectivity index (χ1) is 8.88. The summed E-state index contributed by atoms with van der Waals surface area (Å²) < 4.78 is 15.8. The molecule has 0 saturated carbocycles. The van der Waals surface area contributed by atoms with Gasteiger partial charge in [0.25, 0.3) is 0 Å². The fraction of sp³-hybridized carbons (Fsp3) is 0.571. The van der Waals surface area contributed by atoms with Gasteiger partial charge in [0, 0.05) is 20.3 Å². The SMILES string of the molecule is CCOc1ccccc1NCCCOCCOC. The lowest BCUT2D eigenvalue weighted by atomic mass is 10.3. The fourth-order valence-corrected chi connectivity index (χ4v) is 1.54. The van der Waals surface area contributed by atoms with Crippen molar-refractivity contribution in [1.82, 2.24) is 0 Å². The van der Waals surface area contributed by atoms with Gasteiger partial charge in [-0.1, -0.05) is 12.1 Å². The second-order valence-electron chi connectivity index (χ2n) is 3.81. The fourth-order valence-electron chi connectivity index (χ4n) is 1.54. The summed E-state index contributed by atoms with van der Waals surface area (Å²) in [6.07, 6.45) is 0.962. The van der Waals surface area contributed by atoms with Crippen LogP contribution >= 0.6 is 0 Å². The highest BCUT2D eigenvalue weighted by molar-refractivity contribution is 5.56. The third-order valence-corrected chi connectivity index (χ3v) is 2.40. The van der Waals surface area contributed by atoms with Crippen molar-refractivity contribution in [2.75, 3.05) is 45.4 Å². The van der Waals surface area contributed by atoms with Gasteiger partial charge in [-0.3, -0.25) is 0 Å². The molecule has 0 saturated heterocycles. The highest BCUT2D eigenvalue weighted by atomic mass is 16.5. The Morgan fingerprint density at radius 3 is 2.72 bits per heavy atom. The van der Waals surface area contributed by atoms with Gasteiger partial charge in [-0.2, -0.15) is 0 Å². The molecular weight excluding hydrogens is 230 g/mol. The molecule has 102 valence electrons. The predicted molar refractivity (Wildman–Crippen MR) is 73.4 cm³/mol. The number of hydrogen-bond donors (Lipinski definition) is 1. The van der Waals surface area contributed by atoms with Gasteiger partial charge in [0.1, 0.15) is 5.75 Å². The Kier molecular flexibility index (Phi) is 8.01. The Balaban J connectivity index is 2.18. The molecule has 18 heavy (non-hydrogen) atoms. The highest BCUT2D eigenvalue weighted by Gasteiger charge is 2.00. The molecule has 0 radical (unpaired) electrons. The van der Waals surface area contributed by atoms with Crippen LogP contribution in [0.3, 0.4) is 0 Å². The Hall–Kier alpha value is -1.26. The largest absolute Gasteiger partial charge is 0.492 e. The lowest BCUT2D eigenvalue weighted by Crippen LogP contribution is -2.09. The maximum Gasteiger partial charge on any atom is 0.142 e. The molecule has 0 aliphatic carbocycles. The standard InChI is InChI=1S/C14H23NO3/c1-3-18-14-8-5-4-7-13(14)15-9-6-10-17-12-11-16-2/h4-5,7-8,15H,3,6,9-12H2,1-2H3. The number of para-hydroxylation sites is 2. The minimum absolute atomic E-state index is 0.653. The molecule has 4 nitrogen and oxygen atoms in total. The molecule has 0 fully saturated rings. The maximum atomic E-state index is 5.54. The van der Waals surface area contributed by atoms with Gasteiger partial charge in [0.05, 0.1) is 25.5 Å². The molecule has 0 aliphatic heterocycles. The van der Waals surface area contributed by atoms with Gasteiger partial charge in [-0.05, 0) is 25.5 Å². The van der Waals surface area contributed by atoms with Crippen molar-refractivity contribution in [2.45, 2.75) is 13.3 Å². The van der Waals surface area contributed by atoms with Crippen molar-refractivity contribution in [3.63, 3.8) is 0 Å². The molecule has 0 aromatic heterocycles. The van der Waals surface area contributed by atoms with Crippen molar-refractivity contribution < 1.29 is 14.2 Å². The van der Waals surface area contributed by atoms with Gasteiger partial charge in [0.2, 0.25) is 0 Å². The number of methoxy groups -OCH3 is 1. The van der Waals surface area contributed by atoms with Gasteiger partial charge >= 0.3 is 0 Å². The van der Waals surface area contributed by atoms with Crippen LogP contribution < -0.4 is 10.1 Å². The Morgan fingerprint density at radius 1 is 1.11 bits per heavy atom. The number of anilines is 1. The molecule has 0 aliphatic rings. The molecular formula is C14H23NO3. The van der Waals surface area contributed by atoms with Crippen LogP contribution in [0.5, 0.6) is 5.75 Å². The van der Waals surface area contributed by atoms with E-state index in [1.165, 1.54) is 0 Å². The molecule has 0 bridgehead atoms. The van der Waals surface area contributed by atoms with E-state index in [2.05, 4.69) is 5.32 Å². The molecule has 0 amide bonds. The topological polar surface area (TPSA) is 39.7 Å². The van der Waals surface area contributed by atoms with Crippen LogP contribution in [0.1, 0.15) is 13.3 Å². The summed E-state index contributed by atoms with van der Waals surface area (Å²) in [6, 6.07) is 7.97. The number of nitrogens with one attached hydrogen (secondary N) is 1. The van der Waals surface area contributed by atoms with E-state index in [-0.39, 0.29) is 0 Å².